The summed E-state index contributed by atoms with van der Waals surface area (Å²) < 4.78 is 0. The highest BCUT2D eigenvalue weighted by atomic mass is 16.2. The number of piperidine rings is 1. The van der Waals surface area contributed by atoms with E-state index in [4.69, 9.17) is 6.42 Å². The molecular formula is C14H24N2O. The van der Waals surface area contributed by atoms with E-state index < -0.39 is 0 Å². The van der Waals surface area contributed by atoms with Gasteiger partial charge in [-0.3, -0.25) is 4.79 Å². The Labute approximate surface area is 105 Å². The van der Waals surface area contributed by atoms with E-state index in [0.717, 1.165) is 25.8 Å². The molecule has 1 rings (SSSR count). The van der Waals surface area contributed by atoms with Gasteiger partial charge in [0.1, 0.15) is 0 Å². The second-order valence-corrected chi connectivity index (χ2v) is 4.83. The summed E-state index contributed by atoms with van der Waals surface area (Å²) in [6.45, 7) is 5.19. The number of rotatable bonds is 5. The first-order chi connectivity index (χ1) is 8.21. The highest BCUT2D eigenvalue weighted by Gasteiger charge is 2.26. The van der Waals surface area contributed by atoms with Crippen molar-refractivity contribution in [2.75, 3.05) is 6.54 Å². The fourth-order valence-electron chi connectivity index (χ4n) is 2.31. The highest BCUT2D eigenvalue weighted by molar-refractivity contribution is 5.82. The van der Waals surface area contributed by atoms with Crippen LogP contribution in [-0.2, 0) is 4.79 Å². The molecule has 2 N–H and O–H groups in total. The second-order valence-electron chi connectivity index (χ2n) is 4.83. The maximum atomic E-state index is 12.1. The number of hydrogen-bond acceptors (Lipinski definition) is 2. The summed E-state index contributed by atoms with van der Waals surface area (Å²) in [7, 11) is 0. The molecule has 3 unspecified atom stereocenters. The van der Waals surface area contributed by atoms with Gasteiger partial charge in [0.05, 0.1) is 6.04 Å². The quantitative estimate of drug-likeness (QED) is 0.713. The van der Waals surface area contributed by atoms with Gasteiger partial charge in [-0.15, -0.1) is 12.3 Å². The molecule has 96 valence electrons. The van der Waals surface area contributed by atoms with Gasteiger partial charge in [0.25, 0.3) is 0 Å². The number of carbonyl (C=O) groups is 1. The first-order valence-electron chi connectivity index (χ1n) is 6.68. The normalized spacial score (nSPS) is 25.9. The molecule has 0 spiro atoms. The first kappa shape index (κ1) is 14.1. The summed E-state index contributed by atoms with van der Waals surface area (Å²) in [4.78, 5) is 12.1. The van der Waals surface area contributed by atoms with E-state index in [-0.39, 0.29) is 18.0 Å². The van der Waals surface area contributed by atoms with Crippen LogP contribution in [0.5, 0.6) is 0 Å². The minimum Gasteiger partial charge on any atom is -0.351 e. The van der Waals surface area contributed by atoms with Crippen molar-refractivity contribution in [2.45, 2.75) is 58.0 Å². The summed E-state index contributed by atoms with van der Waals surface area (Å²) in [5.74, 6) is 3.41. The summed E-state index contributed by atoms with van der Waals surface area (Å²) in [5, 5.41) is 6.33. The van der Waals surface area contributed by atoms with E-state index in [0.29, 0.717) is 12.3 Å². The minimum atomic E-state index is -0.0273. The van der Waals surface area contributed by atoms with Gasteiger partial charge in [-0.1, -0.05) is 20.3 Å². The molecule has 0 bridgehead atoms. The molecule has 3 nitrogen and oxygen atoms in total. The zero-order valence-corrected chi connectivity index (χ0v) is 11.0. The molecule has 1 fully saturated rings. The minimum absolute atomic E-state index is 0.0273. The predicted octanol–water partition coefficient (Wildman–Crippen LogP) is 1.68. The largest absolute Gasteiger partial charge is 0.351 e. The maximum Gasteiger partial charge on any atom is 0.237 e. The molecule has 0 aromatic rings. The van der Waals surface area contributed by atoms with Crippen LogP contribution in [0.4, 0.5) is 0 Å². The van der Waals surface area contributed by atoms with Gasteiger partial charge in [-0.2, -0.15) is 0 Å². The van der Waals surface area contributed by atoms with Gasteiger partial charge in [-0.05, 0) is 31.7 Å². The molecule has 3 atom stereocenters. The SMILES string of the molecule is C#CCC(CC)NC(=O)C1CC(CC)CCN1. The highest BCUT2D eigenvalue weighted by Crippen LogP contribution is 2.19. The third-order valence-electron chi connectivity index (χ3n) is 3.61. The lowest BCUT2D eigenvalue weighted by atomic mass is 9.90. The van der Waals surface area contributed by atoms with Crippen LogP contribution in [0.15, 0.2) is 0 Å². The van der Waals surface area contributed by atoms with E-state index in [1.807, 2.05) is 6.92 Å². The van der Waals surface area contributed by atoms with Crippen LogP contribution >= 0.6 is 0 Å². The van der Waals surface area contributed by atoms with Crippen molar-refractivity contribution in [1.29, 1.82) is 0 Å². The standard InChI is InChI=1S/C14H24N2O/c1-4-7-12(6-3)16-14(17)13-10-11(5-2)8-9-15-13/h1,11-13,15H,5-10H2,2-3H3,(H,16,17). The first-order valence-corrected chi connectivity index (χ1v) is 6.68. The van der Waals surface area contributed by atoms with Crippen molar-refractivity contribution < 1.29 is 4.79 Å². The average Bonchev–Trinajstić information content (AvgIpc) is 2.38. The van der Waals surface area contributed by atoms with Gasteiger partial charge in [-0.25, -0.2) is 0 Å². The lowest BCUT2D eigenvalue weighted by Gasteiger charge is -2.30. The van der Waals surface area contributed by atoms with Gasteiger partial charge >= 0.3 is 0 Å². The number of nitrogens with one attached hydrogen (secondary N) is 2. The second kappa shape index (κ2) is 7.34. The Morgan fingerprint density at radius 1 is 1.59 bits per heavy atom. The van der Waals surface area contributed by atoms with Crippen molar-refractivity contribution in [3.05, 3.63) is 0 Å². The molecule has 0 aromatic heterocycles. The lowest BCUT2D eigenvalue weighted by molar-refractivity contribution is -0.124. The molecule has 17 heavy (non-hydrogen) atoms. The molecule has 1 aliphatic rings. The molecule has 0 aliphatic carbocycles. The van der Waals surface area contributed by atoms with Crippen LogP contribution in [-0.4, -0.2) is 24.5 Å². The summed E-state index contributed by atoms with van der Waals surface area (Å²) in [5.41, 5.74) is 0. The zero-order valence-electron chi connectivity index (χ0n) is 11.0. The Hall–Kier alpha value is -1.01. The molecule has 1 heterocycles. The third kappa shape index (κ3) is 4.40. The Balaban J connectivity index is 2.43. The van der Waals surface area contributed by atoms with E-state index in [9.17, 15) is 4.79 Å². The number of amides is 1. The van der Waals surface area contributed by atoms with Gasteiger partial charge in [0.2, 0.25) is 5.91 Å². The van der Waals surface area contributed by atoms with E-state index >= 15 is 0 Å². The Morgan fingerprint density at radius 2 is 2.35 bits per heavy atom. The molecule has 1 saturated heterocycles. The number of terminal acetylenes is 1. The Morgan fingerprint density at radius 3 is 2.94 bits per heavy atom. The van der Waals surface area contributed by atoms with Crippen LogP contribution in [0.2, 0.25) is 0 Å². The van der Waals surface area contributed by atoms with E-state index in [1.54, 1.807) is 0 Å². The van der Waals surface area contributed by atoms with E-state index in [1.165, 1.54) is 6.42 Å². The van der Waals surface area contributed by atoms with E-state index in [2.05, 4.69) is 23.5 Å². The van der Waals surface area contributed by atoms with Crippen molar-refractivity contribution in [3.8, 4) is 12.3 Å². The fraction of sp³-hybridized carbons (Fsp3) is 0.786. The number of hydrogen-bond donors (Lipinski definition) is 2. The fourth-order valence-corrected chi connectivity index (χ4v) is 2.31. The summed E-state index contributed by atoms with van der Waals surface area (Å²) >= 11 is 0. The lowest BCUT2D eigenvalue weighted by Crippen LogP contribution is -2.51. The van der Waals surface area contributed by atoms with Crippen molar-refractivity contribution in [3.63, 3.8) is 0 Å². The summed E-state index contributed by atoms with van der Waals surface area (Å²) in [6, 6.07) is 0.0943. The van der Waals surface area contributed by atoms with Crippen LogP contribution < -0.4 is 10.6 Å². The maximum absolute atomic E-state index is 12.1. The van der Waals surface area contributed by atoms with Crippen LogP contribution in [0.3, 0.4) is 0 Å². The smallest absolute Gasteiger partial charge is 0.237 e. The zero-order chi connectivity index (χ0) is 12.7. The van der Waals surface area contributed by atoms with Crippen LogP contribution in [0, 0.1) is 18.3 Å². The molecule has 0 radical (unpaired) electrons. The van der Waals surface area contributed by atoms with Gasteiger partial charge in [0.15, 0.2) is 0 Å². The molecular weight excluding hydrogens is 212 g/mol. The average molecular weight is 236 g/mol. The molecule has 1 amide bonds. The third-order valence-corrected chi connectivity index (χ3v) is 3.61. The Bertz CT molecular complexity index is 282. The molecule has 1 aliphatic heterocycles. The Kier molecular flexibility index (Phi) is 6.07. The van der Waals surface area contributed by atoms with Crippen molar-refractivity contribution >= 4 is 5.91 Å². The van der Waals surface area contributed by atoms with Crippen molar-refractivity contribution in [1.82, 2.24) is 10.6 Å². The summed E-state index contributed by atoms with van der Waals surface area (Å²) in [6.07, 6.45) is 10.1. The number of carbonyl (C=O) groups excluding carboxylic acids is 1. The van der Waals surface area contributed by atoms with Gasteiger partial charge < -0.3 is 10.6 Å². The van der Waals surface area contributed by atoms with Crippen molar-refractivity contribution in [2.24, 2.45) is 5.92 Å². The predicted molar refractivity (Wildman–Crippen MR) is 70.5 cm³/mol. The van der Waals surface area contributed by atoms with Crippen LogP contribution in [0.25, 0.3) is 0 Å². The molecule has 3 heteroatoms. The molecule has 0 saturated carbocycles. The monoisotopic (exact) mass is 236 g/mol. The molecule has 0 aromatic carbocycles. The topological polar surface area (TPSA) is 41.1 Å². The van der Waals surface area contributed by atoms with Gasteiger partial charge in [0, 0.05) is 12.5 Å². The van der Waals surface area contributed by atoms with Crippen LogP contribution in [0.1, 0.15) is 46.0 Å².